The predicted molar refractivity (Wildman–Crippen MR) is 30.4 cm³/mol. The molecule has 0 aliphatic rings. The Bertz CT molecular complexity index is 20.8. The Labute approximate surface area is 46.6 Å². The van der Waals surface area contributed by atoms with Gasteiger partial charge in [0.2, 0.25) is 0 Å². The van der Waals surface area contributed by atoms with E-state index in [1.807, 2.05) is 0 Å². The van der Waals surface area contributed by atoms with Gasteiger partial charge in [0.15, 0.2) is 0 Å². The first-order chi connectivity index (χ1) is 2.91. The maximum absolute atomic E-state index is 2.99. The minimum atomic E-state index is 1.01. The Kier molecular flexibility index (Phi) is 5.76. The molecule has 2 nitrogen and oxygen atoms in total. The van der Waals surface area contributed by atoms with Crippen LogP contribution in [-0.2, 0) is 0 Å². The van der Waals surface area contributed by atoms with Crippen molar-refractivity contribution in [3.8, 4) is 0 Å². The summed E-state index contributed by atoms with van der Waals surface area (Å²) in [6, 6.07) is 0. The van der Waals surface area contributed by atoms with E-state index >= 15 is 0 Å². The van der Waals surface area contributed by atoms with Crippen LogP contribution in [0.1, 0.15) is 13.3 Å². The summed E-state index contributed by atoms with van der Waals surface area (Å²) in [5.41, 5.74) is 2.86. The molecule has 0 atom stereocenters. The smallest absolute Gasteiger partial charge is 0.0252 e. The molecule has 0 radical (unpaired) electrons. The van der Waals surface area contributed by atoms with Crippen molar-refractivity contribution >= 4 is 16.1 Å². The van der Waals surface area contributed by atoms with Gasteiger partial charge in [0.1, 0.15) is 0 Å². The third-order valence-electron chi connectivity index (χ3n) is 0.442. The van der Waals surface area contributed by atoms with E-state index in [1.54, 1.807) is 0 Å². The van der Waals surface area contributed by atoms with E-state index in [9.17, 15) is 0 Å². The van der Waals surface area contributed by atoms with Crippen LogP contribution in [0.2, 0.25) is 0 Å². The second-order valence-electron chi connectivity index (χ2n) is 1.02. The lowest BCUT2D eigenvalue weighted by atomic mass is 10.5. The van der Waals surface area contributed by atoms with Crippen LogP contribution in [-0.4, -0.2) is 6.54 Å². The van der Waals surface area contributed by atoms with Gasteiger partial charge in [-0.3, -0.25) is 0 Å². The van der Waals surface area contributed by atoms with Crippen LogP contribution in [0.15, 0.2) is 0 Å². The van der Waals surface area contributed by atoms with Crippen LogP contribution in [0, 0.1) is 0 Å². The summed E-state index contributed by atoms with van der Waals surface area (Å²) in [6.45, 7) is 3.11. The van der Waals surface area contributed by atoms with Crippen LogP contribution in [0.3, 0.4) is 0 Å². The molecule has 38 valence electrons. The van der Waals surface area contributed by atoms with Crippen molar-refractivity contribution < 1.29 is 0 Å². The molecule has 0 spiro atoms. The predicted octanol–water partition coefficient (Wildman–Crippen LogP) is 0.800. The van der Waals surface area contributed by atoms with Crippen molar-refractivity contribution in [2.75, 3.05) is 6.54 Å². The van der Waals surface area contributed by atoms with Crippen molar-refractivity contribution in [3.05, 3.63) is 0 Å². The van der Waals surface area contributed by atoms with Gasteiger partial charge in [-0.2, -0.15) is 4.45 Å². The fraction of sp³-hybridized carbons (Fsp3) is 1.00. The molecule has 3 heteroatoms. The quantitative estimate of drug-likeness (QED) is 0.356. The highest BCUT2D eigenvalue weighted by atomic mass is 79.9. The Hall–Kier alpha value is 0.400. The van der Waals surface area contributed by atoms with Crippen molar-refractivity contribution in [2.45, 2.75) is 13.3 Å². The first kappa shape index (κ1) is 6.40. The van der Waals surface area contributed by atoms with E-state index in [-0.39, 0.29) is 0 Å². The van der Waals surface area contributed by atoms with Crippen molar-refractivity contribution in [1.29, 1.82) is 0 Å². The maximum atomic E-state index is 2.99. The number of hydrogen-bond acceptors (Lipinski definition) is 2. The lowest BCUT2D eigenvalue weighted by Gasteiger charge is -1.92. The van der Waals surface area contributed by atoms with E-state index in [0.717, 1.165) is 13.0 Å². The molecule has 0 bridgehead atoms. The molecule has 0 aromatic rings. The molecule has 0 unspecified atom stereocenters. The number of rotatable bonds is 3. The molecule has 2 N–H and O–H groups in total. The second kappa shape index (κ2) is 5.40. The van der Waals surface area contributed by atoms with Crippen LogP contribution < -0.4 is 9.88 Å². The molecule has 0 aromatic carbocycles. The summed E-state index contributed by atoms with van der Waals surface area (Å²) < 4.78 is 2.63. The summed E-state index contributed by atoms with van der Waals surface area (Å²) in [5.74, 6) is 0. The monoisotopic (exact) mass is 152 g/mol. The number of halogens is 1. The molecule has 0 aromatic heterocycles. The topological polar surface area (TPSA) is 24.1 Å². The Balaban J connectivity index is 2.34. The van der Waals surface area contributed by atoms with Crippen molar-refractivity contribution in [3.63, 3.8) is 0 Å². The minimum absolute atomic E-state index is 1.01. The maximum Gasteiger partial charge on any atom is 0.0252 e. The molecule has 0 amide bonds. The summed E-state index contributed by atoms with van der Waals surface area (Å²) in [4.78, 5) is 0. The highest BCUT2D eigenvalue weighted by Crippen LogP contribution is 1.66. The van der Waals surface area contributed by atoms with Gasteiger partial charge in [0, 0.05) is 22.7 Å². The minimum Gasteiger partial charge on any atom is -0.248 e. The Morgan fingerprint density at radius 1 is 1.67 bits per heavy atom. The molecule has 0 fully saturated rings. The van der Waals surface area contributed by atoms with Gasteiger partial charge in [-0.15, -0.1) is 0 Å². The standard InChI is InChI=1S/C3H9BrN2/c1-2-3-5-6-4/h5-6H,2-3H2,1H3. The van der Waals surface area contributed by atoms with Crippen LogP contribution in [0.25, 0.3) is 0 Å². The van der Waals surface area contributed by atoms with Crippen molar-refractivity contribution in [1.82, 2.24) is 9.88 Å². The average molecular weight is 153 g/mol. The summed E-state index contributed by atoms with van der Waals surface area (Å²) >= 11 is 2.99. The van der Waals surface area contributed by atoms with Gasteiger partial charge in [-0.1, -0.05) is 6.92 Å². The normalized spacial score (nSPS) is 9.00. The highest BCUT2D eigenvalue weighted by Gasteiger charge is 1.71. The van der Waals surface area contributed by atoms with E-state index in [1.165, 1.54) is 0 Å². The molecule has 0 saturated carbocycles. The van der Waals surface area contributed by atoms with Gasteiger partial charge in [0.05, 0.1) is 0 Å². The van der Waals surface area contributed by atoms with E-state index in [4.69, 9.17) is 0 Å². The van der Waals surface area contributed by atoms with E-state index in [2.05, 4.69) is 32.9 Å². The lowest BCUT2D eigenvalue weighted by Crippen LogP contribution is -2.22. The zero-order chi connectivity index (χ0) is 4.83. The van der Waals surface area contributed by atoms with Gasteiger partial charge < -0.3 is 0 Å². The van der Waals surface area contributed by atoms with Gasteiger partial charge in [0.25, 0.3) is 0 Å². The first-order valence-electron chi connectivity index (χ1n) is 2.00. The number of nitrogens with one attached hydrogen (secondary N) is 2. The number of hydrazine groups is 1. The molecule has 6 heavy (non-hydrogen) atoms. The summed E-state index contributed by atoms with van der Waals surface area (Å²) in [7, 11) is 0. The average Bonchev–Trinajstić information content (AvgIpc) is 1.61. The van der Waals surface area contributed by atoms with Crippen LogP contribution >= 0.6 is 16.1 Å². The largest absolute Gasteiger partial charge is 0.248 e. The zero-order valence-corrected chi connectivity index (χ0v) is 5.38. The van der Waals surface area contributed by atoms with Crippen LogP contribution in [0.4, 0.5) is 0 Å². The zero-order valence-electron chi connectivity index (χ0n) is 3.79. The van der Waals surface area contributed by atoms with Crippen LogP contribution in [0.5, 0.6) is 0 Å². The molecule has 0 aliphatic heterocycles. The van der Waals surface area contributed by atoms with Gasteiger partial charge in [-0.05, 0) is 6.42 Å². The lowest BCUT2D eigenvalue weighted by molar-refractivity contribution is 0.676. The van der Waals surface area contributed by atoms with Gasteiger partial charge in [-0.25, -0.2) is 5.43 Å². The Morgan fingerprint density at radius 3 is 2.50 bits per heavy atom. The molecule has 0 heterocycles. The SMILES string of the molecule is CCCNNBr. The van der Waals surface area contributed by atoms with E-state index < -0.39 is 0 Å². The molecule has 0 aliphatic carbocycles. The highest BCUT2D eigenvalue weighted by molar-refractivity contribution is 9.08. The fourth-order valence-electron chi connectivity index (χ4n) is 0.172. The fourth-order valence-corrected chi connectivity index (χ4v) is 0.370. The Morgan fingerprint density at radius 2 is 2.33 bits per heavy atom. The number of hydrogen-bond donors (Lipinski definition) is 2. The second-order valence-corrected chi connectivity index (χ2v) is 1.42. The van der Waals surface area contributed by atoms with E-state index in [0.29, 0.717) is 0 Å². The molecule has 0 saturated heterocycles. The molecular weight excluding hydrogens is 144 g/mol. The third-order valence-corrected chi connectivity index (χ3v) is 0.722. The molecule has 0 rings (SSSR count). The van der Waals surface area contributed by atoms with Gasteiger partial charge >= 0.3 is 0 Å². The first-order valence-corrected chi connectivity index (χ1v) is 2.79. The third kappa shape index (κ3) is 4.40. The molecular formula is C3H9BrN2. The summed E-state index contributed by atoms with van der Waals surface area (Å²) in [5, 5.41) is 0. The van der Waals surface area contributed by atoms with Crippen molar-refractivity contribution in [2.24, 2.45) is 0 Å². The summed E-state index contributed by atoms with van der Waals surface area (Å²) in [6.07, 6.45) is 1.15.